The van der Waals surface area contributed by atoms with E-state index in [1.165, 1.54) is 0 Å². The van der Waals surface area contributed by atoms with Gasteiger partial charge >= 0.3 is 0 Å². The summed E-state index contributed by atoms with van der Waals surface area (Å²) in [5, 5.41) is 16.7. The number of hydrogen-bond acceptors (Lipinski definition) is 7. The van der Waals surface area contributed by atoms with Crippen LogP contribution in [0.5, 0.6) is 5.75 Å². The van der Waals surface area contributed by atoms with Crippen molar-refractivity contribution in [3.63, 3.8) is 0 Å². The van der Waals surface area contributed by atoms with Crippen molar-refractivity contribution in [2.75, 3.05) is 38.7 Å². The molecular weight excluding hydrogens is 420 g/mol. The third-order valence-corrected chi connectivity index (χ3v) is 6.09. The van der Waals surface area contributed by atoms with Crippen LogP contribution in [0.4, 0.5) is 5.82 Å². The number of nitrogens with one attached hydrogen (secondary N) is 1. The first kappa shape index (κ1) is 21.4. The molecule has 1 amide bonds. The Kier molecular flexibility index (Phi) is 5.94. The molecule has 1 atom stereocenters. The van der Waals surface area contributed by atoms with Crippen molar-refractivity contribution >= 4 is 17.2 Å². The summed E-state index contributed by atoms with van der Waals surface area (Å²) in [6.07, 6.45) is 6.34. The number of rotatable bonds is 8. The number of fused-ring (bicyclic) bond motifs is 1. The summed E-state index contributed by atoms with van der Waals surface area (Å²) in [5.41, 5.74) is 2.87. The molecule has 170 valence electrons. The fourth-order valence-corrected chi connectivity index (χ4v) is 4.12. The van der Waals surface area contributed by atoms with Crippen molar-refractivity contribution in [2.45, 2.75) is 25.4 Å². The lowest BCUT2D eigenvalue weighted by molar-refractivity contribution is -0.117. The van der Waals surface area contributed by atoms with Gasteiger partial charge in [-0.25, -0.2) is 9.50 Å². The topological polar surface area (TPSA) is 105 Å². The van der Waals surface area contributed by atoms with Gasteiger partial charge in [-0.15, -0.1) is 0 Å². The summed E-state index contributed by atoms with van der Waals surface area (Å²) in [5.74, 6) is 1.33. The van der Waals surface area contributed by atoms with Crippen LogP contribution < -0.4 is 10.1 Å². The van der Waals surface area contributed by atoms with Crippen molar-refractivity contribution in [3.8, 4) is 22.9 Å². The Labute approximate surface area is 191 Å². The highest BCUT2D eigenvalue weighted by atomic mass is 16.5. The highest BCUT2D eigenvalue weighted by Crippen LogP contribution is 2.33. The van der Waals surface area contributed by atoms with Crippen LogP contribution in [-0.2, 0) is 9.53 Å². The normalized spacial score (nSPS) is 18.4. The predicted octanol–water partition coefficient (Wildman–Crippen LogP) is 2.72. The molecule has 0 aromatic carbocycles. The average molecular weight is 447 g/mol. The SMILES string of the molecule is COCCN1CC[C@@H](Oc2cnc(C#N)cc2-c2ccn3nc(NC(=O)C4CC4)cc3c2)C1. The molecule has 9 heteroatoms. The number of carbonyl (C=O) groups is 1. The highest BCUT2D eigenvalue weighted by molar-refractivity contribution is 5.93. The van der Waals surface area contributed by atoms with Crippen LogP contribution in [0.25, 0.3) is 16.6 Å². The van der Waals surface area contributed by atoms with Gasteiger partial charge in [0, 0.05) is 50.5 Å². The van der Waals surface area contributed by atoms with Crippen LogP contribution in [-0.4, -0.2) is 64.9 Å². The lowest BCUT2D eigenvalue weighted by atomic mass is 10.1. The third-order valence-electron chi connectivity index (χ3n) is 6.09. The van der Waals surface area contributed by atoms with E-state index in [1.54, 1.807) is 23.9 Å². The quantitative estimate of drug-likeness (QED) is 0.567. The lowest BCUT2D eigenvalue weighted by Crippen LogP contribution is -2.27. The Morgan fingerprint density at radius 3 is 2.97 bits per heavy atom. The van der Waals surface area contributed by atoms with Gasteiger partial charge < -0.3 is 14.8 Å². The Morgan fingerprint density at radius 1 is 1.30 bits per heavy atom. The number of nitriles is 1. The first-order valence-electron chi connectivity index (χ1n) is 11.2. The number of pyridine rings is 2. The van der Waals surface area contributed by atoms with Crippen LogP contribution in [0.1, 0.15) is 25.0 Å². The molecule has 0 radical (unpaired) electrons. The fraction of sp³-hybridized carbons (Fsp3) is 0.417. The second kappa shape index (κ2) is 9.17. The molecule has 4 heterocycles. The van der Waals surface area contributed by atoms with Crippen molar-refractivity contribution < 1.29 is 14.3 Å². The van der Waals surface area contributed by atoms with Gasteiger partial charge in [0.05, 0.1) is 18.3 Å². The number of nitrogens with zero attached hydrogens (tertiary/aromatic N) is 5. The zero-order valence-electron chi connectivity index (χ0n) is 18.5. The van der Waals surface area contributed by atoms with E-state index in [4.69, 9.17) is 9.47 Å². The van der Waals surface area contributed by atoms with Crippen LogP contribution in [0, 0.1) is 17.2 Å². The number of anilines is 1. The van der Waals surface area contributed by atoms with E-state index in [-0.39, 0.29) is 17.9 Å². The third kappa shape index (κ3) is 4.82. The first-order valence-corrected chi connectivity index (χ1v) is 11.2. The highest BCUT2D eigenvalue weighted by Gasteiger charge is 2.30. The summed E-state index contributed by atoms with van der Waals surface area (Å²) < 4.78 is 13.2. The fourth-order valence-electron chi connectivity index (χ4n) is 4.12. The molecule has 9 nitrogen and oxygen atoms in total. The van der Waals surface area contributed by atoms with Crippen LogP contribution in [0.2, 0.25) is 0 Å². The molecule has 1 N–H and O–H groups in total. The molecule has 0 spiro atoms. The Balaban J connectivity index is 1.39. The molecule has 2 aliphatic rings. The van der Waals surface area contributed by atoms with Gasteiger partial charge in [-0.3, -0.25) is 9.69 Å². The van der Waals surface area contributed by atoms with E-state index in [0.29, 0.717) is 23.9 Å². The van der Waals surface area contributed by atoms with Gasteiger partial charge in [0.2, 0.25) is 5.91 Å². The Morgan fingerprint density at radius 2 is 2.18 bits per heavy atom. The van der Waals surface area contributed by atoms with Crippen molar-refractivity contribution in [1.82, 2.24) is 19.5 Å². The standard InChI is InChI=1S/C24H26N6O3/c1-32-9-8-29-6-5-20(15-29)33-22-14-26-18(13-25)11-21(22)17-4-7-30-19(10-17)12-23(28-30)27-24(31)16-2-3-16/h4,7,10-12,14,16,20H,2-3,5-6,8-9,15H2,1H3,(H,27,28,31)/t20-/m1/s1. The van der Waals surface area contributed by atoms with Crippen LogP contribution >= 0.6 is 0 Å². The number of amides is 1. The molecular formula is C24H26N6O3. The molecule has 3 aromatic heterocycles. The van der Waals surface area contributed by atoms with Gasteiger partial charge in [-0.2, -0.15) is 10.4 Å². The smallest absolute Gasteiger partial charge is 0.228 e. The van der Waals surface area contributed by atoms with Crippen molar-refractivity contribution in [1.29, 1.82) is 5.26 Å². The zero-order chi connectivity index (χ0) is 22.8. The molecule has 33 heavy (non-hydrogen) atoms. The molecule has 2 fully saturated rings. The van der Waals surface area contributed by atoms with E-state index < -0.39 is 0 Å². The maximum Gasteiger partial charge on any atom is 0.228 e. The zero-order valence-corrected chi connectivity index (χ0v) is 18.5. The number of ether oxygens (including phenoxy) is 2. The average Bonchev–Trinajstić information content (AvgIpc) is 3.47. The molecule has 1 aliphatic heterocycles. The van der Waals surface area contributed by atoms with E-state index in [2.05, 4.69) is 26.4 Å². The number of likely N-dealkylation sites (tertiary alicyclic amines) is 1. The minimum absolute atomic E-state index is 0.0261. The predicted molar refractivity (Wildman–Crippen MR) is 122 cm³/mol. The summed E-state index contributed by atoms with van der Waals surface area (Å²) in [6, 6.07) is 9.62. The summed E-state index contributed by atoms with van der Waals surface area (Å²) >= 11 is 0. The van der Waals surface area contributed by atoms with Crippen molar-refractivity contribution in [3.05, 3.63) is 42.4 Å². The number of aromatic nitrogens is 3. The number of hydrogen-bond donors (Lipinski definition) is 1. The summed E-state index contributed by atoms with van der Waals surface area (Å²) in [6.45, 7) is 3.37. The molecule has 0 unspecified atom stereocenters. The molecule has 0 bridgehead atoms. The van der Waals surface area contributed by atoms with Crippen LogP contribution in [0.15, 0.2) is 36.7 Å². The lowest BCUT2D eigenvalue weighted by Gasteiger charge is -2.18. The number of carbonyl (C=O) groups excluding carboxylic acids is 1. The summed E-state index contributed by atoms with van der Waals surface area (Å²) in [7, 11) is 1.71. The van der Waals surface area contributed by atoms with Gasteiger partial charge in [0.25, 0.3) is 0 Å². The molecule has 1 saturated carbocycles. The first-order chi connectivity index (χ1) is 16.1. The van der Waals surface area contributed by atoms with E-state index in [1.807, 2.05) is 24.4 Å². The van der Waals surface area contributed by atoms with Gasteiger partial charge in [-0.1, -0.05) is 0 Å². The van der Waals surface area contributed by atoms with E-state index in [9.17, 15) is 10.1 Å². The van der Waals surface area contributed by atoms with Gasteiger partial charge in [0.15, 0.2) is 5.82 Å². The van der Waals surface area contributed by atoms with Gasteiger partial charge in [0.1, 0.15) is 23.6 Å². The largest absolute Gasteiger partial charge is 0.487 e. The minimum atomic E-state index is 0.0261. The van der Waals surface area contributed by atoms with Gasteiger partial charge in [-0.05, 0) is 43.0 Å². The molecule has 1 aliphatic carbocycles. The Bertz CT molecular complexity index is 1210. The second-order valence-corrected chi connectivity index (χ2v) is 8.58. The minimum Gasteiger partial charge on any atom is -0.487 e. The molecule has 5 rings (SSSR count). The van der Waals surface area contributed by atoms with E-state index >= 15 is 0 Å². The second-order valence-electron chi connectivity index (χ2n) is 8.58. The molecule has 3 aromatic rings. The summed E-state index contributed by atoms with van der Waals surface area (Å²) in [4.78, 5) is 18.6. The molecule has 1 saturated heterocycles. The Hall–Kier alpha value is -3.48. The van der Waals surface area contributed by atoms with Crippen molar-refractivity contribution in [2.24, 2.45) is 5.92 Å². The maximum atomic E-state index is 12.1. The maximum absolute atomic E-state index is 12.1. The number of methoxy groups -OCH3 is 1. The van der Waals surface area contributed by atoms with Crippen LogP contribution in [0.3, 0.4) is 0 Å². The van der Waals surface area contributed by atoms with E-state index in [0.717, 1.165) is 55.5 Å². The monoisotopic (exact) mass is 446 g/mol.